The first-order valence-corrected chi connectivity index (χ1v) is 10.8. The third kappa shape index (κ3) is 5.29. The first kappa shape index (κ1) is 23.5. The zero-order valence-electron chi connectivity index (χ0n) is 18.8. The van der Waals surface area contributed by atoms with E-state index in [-0.39, 0.29) is 30.3 Å². The van der Waals surface area contributed by atoms with Gasteiger partial charge < -0.3 is 26.8 Å². The number of halogens is 1. The molecule has 4 rings (SSSR count). The van der Waals surface area contributed by atoms with Crippen molar-refractivity contribution in [3.05, 3.63) is 60.3 Å². The van der Waals surface area contributed by atoms with Crippen molar-refractivity contribution < 1.29 is 19.1 Å². The van der Waals surface area contributed by atoms with Gasteiger partial charge in [0.25, 0.3) is 5.91 Å². The molecule has 0 saturated heterocycles. The lowest BCUT2D eigenvalue weighted by Crippen LogP contribution is -2.39. The Bertz CT molecular complexity index is 1350. The summed E-state index contributed by atoms with van der Waals surface area (Å²) < 4.78 is 18.3. The number of rotatable bonds is 10. The summed E-state index contributed by atoms with van der Waals surface area (Å²) in [5.74, 6) is -1.81. The average molecular weight is 481 g/mol. The lowest BCUT2D eigenvalue weighted by molar-refractivity contribution is 0.100. The molecule has 0 radical (unpaired) electrons. The molecule has 0 aliphatic rings. The van der Waals surface area contributed by atoms with Crippen molar-refractivity contribution in [3.63, 3.8) is 0 Å². The fourth-order valence-corrected chi connectivity index (χ4v) is 3.66. The number of carbonyl (C=O) groups excluding carboxylic acids is 1. The topological polar surface area (TPSA) is 165 Å². The molecule has 35 heavy (non-hydrogen) atoms. The van der Waals surface area contributed by atoms with Crippen molar-refractivity contribution in [2.75, 3.05) is 17.2 Å². The largest absolute Gasteiger partial charge is 0.465 e. The minimum absolute atomic E-state index is 0.0437. The molecule has 12 nitrogen and oxygen atoms in total. The van der Waals surface area contributed by atoms with Gasteiger partial charge in [0, 0.05) is 30.9 Å². The van der Waals surface area contributed by atoms with Gasteiger partial charge in [0.2, 0.25) is 0 Å². The van der Waals surface area contributed by atoms with Gasteiger partial charge in [-0.15, -0.1) is 0 Å². The van der Waals surface area contributed by atoms with Gasteiger partial charge in [-0.2, -0.15) is 10.2 Å². The number of pyridine rings is 1. The van der Waals surface area contributed by atoms with Gasteiger partial charge in [-0.25, -0.2) is 14.2 Å². The Kier molecular flexibility index (Phi) is 6.76. The standard InChI is InChI=1S/C22H24FN9O3/c1-2-32-18-6-3-5-17(15(18)11-27-32)29-20-14(19(24)33)9-16(23)21(30-20)28-13(10-25-22(34)35)12-31-8-4-7-26-31/h3-9,11,13,25H,2,10,12H2,1H3,(H2,24,33)(H,34,35)(H2,28,29,30). The summed E-state index contributed by atoms with van der Waals surface area (Å²) in [7, 11) is 0. The second kappa shape index (κ2) is 10.1. The lowest BCUT2D eigenvalue weighted by atomic mass is 10.2. The van der Waals surface area contributed by atoms with Crippen LogP contribution in [0.5, 0.6) is 0 Å². The third-order valence-corrected chi connectivity index (χ3v) is 5.29. The number of nitrogens with zero attached hydrogens (tertiary/aromatic N) is 5. The van der Waals surface area contributed by atoms with Gasteiger partial charge in [-0.1, -0.05) is 6.07 Å². The second-order valence-corrected chi connectivity index (χ2v) is 7.66. The van der Waals surface area contributed by atoms with Crippen LogP contribution in [-0.2, 0) is 13.1 Å². The van der Waals surface area contributed by atoms with Crippen LogP contribution in [0.15, 0.2) is 48.9 Å². The molecule has 13 heteroatoms. The third-order valence-electron chi connectivity index (χ3n) is 5.29. The van der Waals surface area contributed by atoms with E-state index >= 15 is 0 Å². The molecule has 0 aliphatic carbocycles. The Morgan fingerprint density at radius 2 is 2.06 bits per heavy atom. The number of benzene rings is 1. The van der Waals surface area contributed by atoms with Gasteiger partial charge in [0.1, 0.15) is 5.82 Å². The minimum atomic E-state index is -1.22. The highest BCUT2D eigenvalue weighted by Gasteiger charge is 2.20. The maximum atomic E-state index is 14.9. The normalized spacial score (nSPS) is 11.8. The van der Waals surface area contributed by atoms with E-state index in [4.69, 9.17) is 10.8 Å². The zero-order valence-corrected chi connectivity index (χ0v) is 18.8. The molecule has 3 heterocycles. The van der Waals surface area contributed by atoms with Gasteiger partial charge >= 0.3 is 6.09 Å². The van der Waals surface area contributed by atoms with E-state index in [1.165, 1.54) is 0 Å². The molecule has 1 atom stereocenters. The fourth-order valence-electron chi connectivity index (χ4n) is 3.66. The van der Waals surface area contributed by atoms with Crippen LogP contribution < -0.4 is 21.7 Å². The second-order valence-electron chi connectivity index (χ2n) is 7.66. The van der Waals surface area contributed by atoms with Crippen LogP contribution in [0.3, 0.4) is 0 Å². The molecule has 182 valence electrons. The van der Waals surface area contributed by atoms with Crippen molar-refractivity contribution in [3.8, 4) is 0 Å². The molecule has 0 aliphatic heterocycles. The molecule has 0 fully saturated rings. The SMILES string of the molecule is CCn1ncc2c(Nc3nc(NC(CNC(=O)O)Cn4cccn4)c(F)cc3C(N)=O)cccc21. The molecule has 0 spiro atoms. The summed E-state index contributed by atoms with van der Waals surface area (Å²) in [4.78, 5) is 27.4. The molecule has 1 aromatic carbocycles. The van der Waals surface area contributed by atoms with Crippen LogP contribution >= 0.6 is 0 Å². The summed E-state index contributed by atoms with van der Waals surface area (Å²) >= 11 is 0. The minimum Gasteiger partial charge on any atom is -0.465 e. The monoisotopic (exact) mass is 481 g/mol. The van der Waals surface area contributed by atoms with E-state index in [0.717, 1.165) is 17.0 Å². The zero-order chi connectivity index (χ0) is 24.9. The van der Waals surface area contributed by atoms with Crippen LogP contribution in [-0.4, -0.2) is 54.2 Å². The molecule has 2 amide bonds. The number of carboxylic acid groups (broad SMARTS) is 1. The van der Waals surface area contributed by atoms with E-state index in [1.807, 2.05) is 23.7 Å². The van der Waals surface area contributed by atoms with Crippen molar-refractivity contribution in [1.82, 2.24) is 29.9 Å². The predicted octanol–water partition coefficient (Wildman–Crippen LogP) is 2.38. The summed E-state index contributed by atoms with van der Waals surface area (Å²) in [6.45, 7) is 2.82. The van der Waals surface area contributed by atoms with Gasteiger partial charge in [0.15, 0.2) is 11.6 Å². The number of amides is 2. The Hall–Kier alpha value is -4.68. The molecule has 4 aromatic rings. The van der Waals surface area contributed by atoms with Gasteiger partial charge in [0.05, 0.1) is 35.6 Å². The predicted molar refractivity (Wildman–Crippen MR) is 127 cm³/mol. The number of hydrogen-bond acceptors (Lipinski definition) is 7. The van der Waals surface area contributed by atoms with E-state index in [2.05, 4.69) is 31.1 Å². The van der Waals surface area contributed by atoms with Gasteiger partial charge in [-0.05, 0) is 31.2 Å². The molecule has 3 aromatic heterocycles. The van der Waals surface area contributed by atoms with Crippen molar-refractivity contribution in [2.45, 2.75) is 26.1 Å². The number of nitrogens with two attached hydrogens (primary N) is 1. The Labute approximate surface area is 198 Å². The first-order chi connectivity index (χ1) is 16.9. The van der Waals surface area contributed by atoms with Crippen LogP contribution in [0, 0.1) is 5.82 Å². The summed E-state index contributed by atoms with van der Waals surface area (Å²) in [6, 6.07) is 7.61. The van der Waals surface area contributed by atoms with Gasteiger partial charge in [-0.3, -0.25) is 14.2 Å². The van der Waals surface area contributed by atoms with E-state index < -0.39 is 23.9 Å². The van der Waals surface area contributed by atoms with Crippen LogP contribution in [0.1, 0.15) is 17.3 Å². The number of primary amides is 1. The highest BCUT2D eigenvalue weighted by molar-refractivity contribution is 6.00. The van der Waals surface area contributed by atoms with Crippen molar-refractivity contribution >= 4 is 40.2 Å². The van der Waals surface area contributed by atoms with Crippen LogP contribution in [0.25, 0.3) is 10.9 Å². The number of aromatic nitrogens is 5. The summed E-state index contributed by atoms with van der Waals surface area (Å²) in [5.41, 5.74) is 6.83. The van der Waals surface area contributed by atoms with Crippen LogP contribution in [0.2, 0.25) is 0 Å². The first-order valence-electron chi connectivity index (χ1n) is 10.8. The number of hydrogen-bond donors (Lipinski definition) is 5. The Balaban J connectivity index is 1.68. The van der Waals surface area contributed by atoms with E-state index in [0.29, 0.717) is 12.2 Å². The summed E-state index contributed by atoms with van der Waals surface area (Å²) in [5, 5.41) is 26.5. The molecule has 6 N–H and O–H groups in total. The number of carbonyl (C=O) groups is 2. The van der Waals surface area contributed by atoms with Crippen LogP contribution in [0.4, 0.5) is 26.5 Å². The highest BCUT2D eigenvalue weighted by atomic mass is 19.1. The maximum absolute atomic E-state index is 14.9. The number of aryl methyl sites for hydroxylation is 1. The lowest BCUT2D eigenvalue weighted by Gasteiger charge is -2.21. The van der Waals surface area contributed by atoms with Crippen molar-refractivity contribution in [2.24, 2.45) is 5.73 Å². The van der Waals surface area contributed by atoms with E-state index in [9.17, 15) is 14.0 Å². The molecular weight excluding hydrogens is 457 g/mol. The van der Waals surface area contributed by atoms with Crippen molar-refractivity contribution in [1.29, 1.82) is 0 Å². The molecule has 1 unspecified atom stereocenters. The Morgan fingerprint density at radius 3 is 2.74 bits per heavy atom. The molecule has 0 bridgehead atoms. The maximum Gasteiger partial charge on any atom is 0.404 e. The fraction of sp³-hybridized carbons (Fsp3) is 0.227. The smallest absolute Gasteiger partial charge is 0.404 e. The molecule has 0 saturated carbocycles. The van der Waals surface area contributed by atoms with E-state index in [1.54, 1.807) is 35.4 Å². The summed E-state index contributed by atoms with van der Waals surface area (Å²) in [6.07, 6.45) is 3.73. The Morgan fingerprint density at radius 1 is 1.23 bits per heavy atom. The number of nitrogens with one attached hydrogen (secondary N) is 3. The quantitative estimate of drug-likeness (QED) is 0.230. The molecular formula is C22H24FN9O3. The number of fused-ring (bicyclic) bond motifs is 1. The average Bonchev–Trinajstić information content (AvgIpc) is 3.49. The highest BCUT2D eigenvalue weighted by Crippen LogP contribution is 2.29. The number of anilines is 3.